The Morgan fingerprint density at radius 1 is 1.10 bits per heavy atom. The number of nitrogens with one attached hydrogen (secondary N) is 1. The quantitative estimate of drug-likeness (QED) is 0.260. The highest BCUT2D eigenvalue weighted by molar-refractivity contribution is 5.85. The molecule has 15 heteroatoms. The van der Waals surface area contributed by atoms with Crippen molar-refractivity contribution in [2.45, 2.75) is 0 Å². The molecule has 1 aromatic carbocycles. The molecule has 3 rings (SSSR count). The van der Waals surface area contributed by atoms with E-state index >= 15 is 0 Å². The summed E-state index contributed by atoms with van der Waals surface area (Å²) in [6.45, 7) is -0.357. The first kappa shape index (κ1) is 20.2. The van der Waals surface area contributed by atoms with E-state index in [2.05, 4.69) is 50.7 Å². The summed E-state index contributed by atoms with van der Waals surface area (Å²) in [4.78, 5) is 14.2. The molecule has 15 nitrogen and oxygen atoms in total. The number of hydrogen-bond donors (Lipinski definition) is 3. The standard InChI is InChI=1S/C15H18N12O3/c1-26(2)10-5-3-9(4-6-10)7-18-19-11(28)8-27(15-13(17)22-30-24-15)25-20-14-12(16)21-29-23-14/h3-7H,8H2,1-2H3,(H2,16,21)(H2,17,22)(H,19,28)/b18-7-,25-20?. The van der Waals surface area contributed by atoms with Gasteiger partial charge in [-0.15, -0.1) is 5.11 Å². The average molecular weight is 414 g/mol. The van der Waals surface area contributed by atoms with Gasteiger partial charge in [-0.05, 0) is 38.3 Å². The van der Waals surface area contributed by atoms with Gasteiger partial charge in [0.1, 0.15) is 6.54 Å². The van der Waals surface area contributed by atoms with Crippen LogP contribution in [0, 0.1) is 0 Å². The maximum absolute atomic E-state index is 12.3. The lowest BCUT2D eigenvalue weighted by atomic mass is 10.2. The van der Waals surface area contributed by atoms with Crippen LogP contribution in [0.2, 0.25) is 0 Å². The molecule has 1 amide bonds. The maximum atomic E-state index is 12.3. The Bertz CT molecular complexity index is 1040. The van der Waals surface area contributed by atoms with Crippen molar-refractivity contribution in [1.29, 1.82) is 0 Å². The van der Waals surface area contributed by atoms with Crippen LogP contribution in [0.15, 0.2) is 49.0 Å². The number of amides is 1. The van der Waals surface area contributed by atoms with Gasteiger partial charge in [-0.1, -0.05) is 17.4 Å². The second-order valence-corrected chi connectivity index (χ2v) is 5.97. The zero-order valence-corrected chi connectivity index (χ0v) is 16.0. The summed E-state index contributed by atoms with van der Waals surface area (Å²) in [5.74, 6) is -0.845. The molecule has 0 radical (unpaired) electrons. The highest BCUT2D eigenvalue weighted by Gasteiger charge is 2.19. The van der Waals surface area contributed by atoms with Crippen LogP contribution in [0.4, 0.5) is 29.0 Å². The van der Waals surface area contributed by atoms with E-state index in [-0.39, 0.29) is 29.8 Å². The third-order valence-electron chi connectivity index (χ3n) is 3.59. The summed E-state index contributed by atoms with van der Waals surface area (Å²) >= 11 is 0. The largest absolute Gasteiger partial charge is 0.378 e. The first-order valence-corrected chi connectivity index (χ1v) is 8.38. The lowest BCUT2D eigenvalue weighted by Crippen LogP contribution is -2.32. The molecule has 0 atom stereocenters. The van der Waals surface area contributed by atoms with Crippen molar-refractivity contribution < 1.29 is 14.1 Å². The number of hydrazone groups is 1. The zero-order valence-electron chi connectivity index (χ0n) is 16.0. The van der Waals surface area contributed by atoms with Crippen LogP contribution in [0.1, 0.15) is 5.56 Å². The van der Waals surface area contributed by atoms with Crippen molar-refractivity contribution in [2.24, 2.45) is 15.4 Å². The molecule has 0 aliphatic heterocycles. The highest BCUT2D eigenvalue weighted by Crippen LogP contribution is 2.21. The highest BCUT2D eigenvalue weighted by atomic mass is 16.6. The van der Waals surface area contributed by atoms with Gasteiger partial charge in [-0.25, -0.2) is 19.7 Å². The summed E-state index contributed by atoms with van der Waals surface area (Å²) in [6, 6.07) is 7.58. The van der Waals surface area contributed by atoms with Gasteiger partial charge in [0, 0.05) is 19.8 Å². The van der Waals surface area contributed by atoms with E-state index in [0.29, 0.717) is 0 Å². The third-order valence-corrected chi connectivity index (χ3v) is 3.59. The van der Waals surface area contributed by atoms with E-state index in [1.807, 2.05) is 43.3 Å². The summed E-state index contributed by atoms with van der Waals surface area (Å²) in [7, 11) is 3.88. The van der Waals surface area contributed by atoms with Crippen LogP contribution >= 0.6 is 0 Å². The summed E-state index contributed by atoms with van der Waals surface area (Å²) in [5, 5.41) is 26.3. The van der Waals surface area contributed by atoms with E-state index < -0.39 is 5.91 Å². The van der Waals surface area contributed by atoms with E-state index in [0.717, 1.165) is 16.3 Å². The second-order valence-electron chi connectivity index (χ2n) is 5.97. The summed E-state index contributed by atoms with van der Waals surface area (Å²) in [6.07, 6.45) is 1.50. The minimum absolute atomic E-state index is 0.0350. The van der Waals surface area contributed by atoms with Gasteiger partial charge < -0.3 is 16.4 Å². The fourth-order valence-corrected chi connectivity index (χ4v) is 2.08. The molecule has 0 unspecified atom stereocenters. The number of nitrogens with two attached hydrogens (primary N) is 2. The average Bonchev–Trinajstić information content (AvgIpc) is 3.33. The van der Waals surface area contributed by atoms with Crippen LogP contribution in [0.25, 0.3) is 0 Å². The van der Waals surface area contributed by atoms with Crippen LogP contribution in [-0.4, -0.2) is 53.4 Å². The smallest absolute Gasteiger partial charge is 0.263 e. The van der Waals surface area contributed by atoms with E-state index in [1.165, 1.54) is 6.21 Å². The minimum Gasteiger partial charge on any atom is -0.378 e. The van der Waals surface area contributed by atoms with Gasteiger partial charge in [0.15, 0.2) is 0 Å². The topological polar surface area (TPSA) is 203 Å². The fourth-order valence-electron chi connectivity index (χ4n) is 2.08. The Labute approximate surface area is 169 Å². The van der Waals surface area contributed by atoms with Crippen molar-refractivity contribution in [3.8, 4) is 0 Å². The lowest BCUT2D eigenvalue weighted by molar-refractivity contribution is -0.119. The van der Waals surface area contributed by atoms with Crippen molar-refractivity contribution in [3.63, 3.8) is 0 Å². The van der Waals surface area contributed by atoms with Crippen LogP contribution in [-0.2, 0) is 4.79 Å². The van der Waals surface area contributed by atoms with Crippen LogP contribution in [0.3, 0.4) is 0 Å². The predicted molar refractivity (Wildman–Crippen MR) is 106 cm³/mol. The first-order valence-electron chi connectivity index (χ1n) is 8.38. The SMILES string of the molecule is CN(C)c1ccc(/C=N\NC(=O)CN(N=Nc2nonc2N)c2nonc2N)cc1. The Kier molecular flexibility index (Phi) is 6.11. The molecule has 0 spiro atoms. The number of nitrogens with zero attached hydrogens (tertiary/aromatic N) is 9. The molecular formula is C15H18N12O3. The molecule has 5 N–H and O–H groups in total. The van der Waals surface area contributed by atoms with Crippen LogP contribution in [0.5, 0.6) is 0 Å². The van der Waals surface area contributed by atoms with Gasteiger partial charge >= 0.3 is 0 Å². The van der Waals surface area contributed by atoms with Crippen molar-refractivity contribution in [3.05, 3.63) is 29.8 Å². The molecule has 0 bridgehead atoms. The molecule has 0 aliphatic rings. The van der Waals surface area contributed by atoms with Crippen molar-refractivity contribution >= 4 is 41.1 Å². The van der Waals surface area contributed by atoms with Crippen molar-refractivity contribution in [1.82, 2.24) is 26.1 Å². The molecule has 0 fully saturated rings. The number of aromatic nitrogens is 4. The molecule has 30 heavy (non-hydrogen) atoms. The van der Waals surface area contributed by atoms with Gasteiger partial charge in [0.05, 0.1) is 6.21 Å². The fraction of sp³-hybridized carbons (Fsp3) is 0.200. The van der Waals surface area contributed by atoms with Gasteiger partial charge in [0.2, 0.25) is 17.5 Å². The molecule has 0 aliphatic carbocycles. The predicted octanol–water partition coefficient (Wildman–Crippen LogP) is 0.339. The monoisotopic (exact) mass is 414 g/mol. The molecule has 2 aromatic heterocycles. The summed E-state index contributed by atoms with van der Waals surface area (Å²) in [5.41, 5.74) is 15.4. The number of nitrogen functional groups attached to an aromatic ring is 2. The molecule has 3 aromatic rings. The number of anilines is 4. The normalized spacial score (nSPS) is 11.3. The van der Waals surface area contributed by atoms with E-state index in [1.54, 1.807) is 0 Å². The number of hydrogen-bond acceptors (Lipinski definition) is 13. The Morgan fingerprint density at radius 2 is 1.80 bits per heavy atom. The Hall–Kier alpha value is -4.56. The number of carbonyl (C=O) groups is 1. The minimum atomic E-state index is -0.538. The second kappa shape index (κ2) is 9.09. The lowest BCUT2D eigenvalue weighted by Gasteiger charge is -2.12. The van der Waals surface area contributed by atoms with Gasteiger partial charge in [-0.3, -0.25) is 4.79 Å². The van der Waals surface area contributed by atoms with Crippen LogP contribution < -0.4 is 26.8 Å². The Balaban J connectivity index is 1.65. The van der Waals surface area contributed by atoms with Gasteiger partial charge in [0.25, 0.3) is 11.7 Å². The molecule has 156 valence electrons. The molecule has 0 saturated heterocycles. The number of carbonyl (C=O) groups excluding carboxylic acids is 1. The molecular weight excluding hydrogens is 396 g/mol. The van der Waals surface area contributed by atoms with E-state index in [4.69, 9.17) is 11.5 Å². The third kappa shape index (κ3) is 5.03. The maximum Gasteiger partial charge on any atom is 0.263 e. The van der Waals surface area contributed by atoms with E-state index in [9.17, 15) is 4.79 Å². The first-order chi connectivity index (χ1) is 14.4. The summed E-state index contributed by atoms with van der Waals surface area (Å²) < 4.78 is 8.95. The van der Waals surface area contributed by atoms with Gasteiger partial charge in [-0.2, -0.15) is 5.10 Å². The Morgan fingerprint density at radius 3 is 2.40 bits per heavy atom. The number of rotatable bonds is 8. The number of benzene rings is 1. The molecule has 0 saturated carbocycles. The zero-order chi connectivity index (χ0) is 21.5. The van der Waals surface area contributed by atoms with Crippen molar-refractivity contribution in [2.75, 3.05) is 42.0 Å². The molecule has 2 heterocycles.